The number of piperidine rings is 1. The fourth-order valence-electron chi connectivity index (χ4n) is 3.24. The Morgan fingerprint density at radius 1 is 1.31 bits per heavy atom. The number of amides is 1. The van der Waals surface area contributed by atoms with Crippen LogP contribution in [0.1, 0.15) is 37.7 Å². The lowest BCUT2D eigenvalue weighted by Crippen LogP contribution is -2.44. The number of halogens is 1. The first kappa shape index (κ1) is 22.9. The Labute approximate surface area is 176 Å². The van der Waals surface area contributed by atoms with Gasteiger partial charge in [0.25, 0.3) is 0 Å². The molecule has 1 aliphatic heterocycles. The number of rotatable bonds is 9. The lowest BCUT2D eigenvalue weighted by atomic mass is 9.95. The van der Waals surface area contributed by atoms with Gasteiger partial charge < -0.3 is 14.4 Å². The summed E-state index contributed by atoms with van der Waals surface area (Å²) in [6.45, 7) is 0.249. The zero-order chi connectivity index (χ0) is 21.1. The van der Waals surface area contributed by atoms with Crippen LogP contribution in [0.25, 0.3) is 0 Å². The van der Waals surface area contributed by atoms with Crippen LogP contribution in [-0.4, -0.2) is 55.5 Å². The third-order valence-corrected chi connectivity index (χ3v) is 4.97. The topological polar surface area (TPSA) is 72.9 Å². The molecule has 1 heterocycles. The molecule has 29 heavy (non-hydrogen) atoms. The average Bonchev–Trinajstić information content (AvgIpc) is 2.70. The van der Waals surface area contributed by atoms with E-state index in [0.717, 1.165) is 18.4 Å². The molecule has 6 nitrogen and oxygen atoms in total. The minimum absolute atomic E-state index is 0.0184. The van der Waals surface area contributed by atoms with Crippen LogP contribution in [-0.2, 0) is 30.3 Å². The highest BCUT2D eigenvalue weighted by molar-refractivity contribution is 6.30. The fraction of sp³-hybridized carbons (Fsp3) is 0.500. The Kier molecular flexibility index (Phi) is 9.69. The van der Waals surface area contributed by atoms with Gasteiger partial charge in [0.1, 0.15) is 19.0 Å². The van der Waals surface area contributed by atoms with Crippen molar-refractivity contribution in [2.24, 2.45) is 0 Å². The van der Waals surface area contributed by atoms with Crippen LogP contribution in [0.3, 0.4) is 0 Å². The molecule has 1 fully saturated rings. The second-order valence-corrected chi connectivity index (χ2v) is 7.31. The molecule has 0 aliphatic carbocycles. The largest absolute Gasteiger partial charge is 0.467 e. The molecule has 0 N–H and O–H groups in total. The van der Waals surface area contributed by atoms with E-state index in [4.69, 9.17) is 16.3 Å². The van der Waals surface area contributed by atoms with Crippen molar-refractivity contribution in [1.82, 2.24) is 4.90 Å². The van der Waals surface area contributed by atoms with E-state index in [-0.39, 0.29) is 30.9 Å². The van der Waals surface area contributed by atoms with Crippen molar-refractivity contribution in [1.29, 1.82) is 0 Å². The molecule has 1 aromatic carbocycles. The number of likely N-dealkylation sites (tertiary alicyclic amines) is 1. The molecule has 0 bridgehead atoms. The number of methoxy groups -OCH3 is 1. The quantitative estimate of drug-likeness (QED) is 0.349. The van der Waals surface area contributed by atoms with E-state index in [2.05, 4.69) is 16.6 Å². The number of hydrogen-bond donors (Lipinski definition) is 0. The van der Waals surface area contributed by atoms with Gasteiger partial charge in [0.15, 0.2) is 0 Å². The molecule has 1 amide bonds. The number of benzene rings is 1. The first-order valence-electron chi connectivity index (χ1n) is 9.65. The van der Waals surface area contributed by atoms with Crippen LogP contribution in [0.2, 0.25) is 5.02 Å². The summed E-state index contributed by atoms with van der Waals surface area (Å²) < 4.78 is 9.54. The Balaban J connectivity index is 1.80. The van der Waals surface area contributed by atoms with Crippen LogP contribution >= 0.6 is 11.6 Å². The predicted octanol–water partition coefficient (Wildman–Crippen LogP) is 2.81. The Hall–Kier alpha value is -2.36. The van der Waals surface area contributed by atoms with Gasteiger partial charge >= 0.3 is 5.97 Å². The number of carbonyl (C=O) groups is 3. The molecule has 2 rings (SSSR count). The predicted molar refractivity (Wildman–Crippen MR) is 109 cm³/mol. The van der Waals surface area contributed by atoms with Gasteiger partial charge in [-0.05, 0) is 37.0 Å². The lowest BCUT2D eigenvalue weighted by molar-refractivity contribution is -0.145. The number of hydrogen-bond acceptors (Lipinski definition) is 5. The van der Waals surface area contributed by atoms with E-state index in [1.807, 2.05) is 12.1 Å². The molecule has 0 spiro atoms. The van der Waals surface area contributed by atoms with E-state index in [1.54, 1.807) is 17.0 Å². The Morgan fingerprint density at radius 2 is 2.14 bits per heavy atom. The minimum Gasteiger partial charge on any atom is -0.467 e. The maximum absolute atomic E-state index is 12.3. The van der Waals surface area contributed by atoms with E-state index >= 15 is 0 Å². The molecule has 1 aliphatic rings. The van der Waals surface area contributed by atoms with Gasteiger partial charge in [-0.25, -0.2) is 4.79 Å². The van der Waals surface area contributed by atoms with Crippen molar-refractivity contribution >= 4 is 29.3 Å². The smallest absolute Gasteiger partial charge is 0.331 e. The second kappa shape index (κ2) is 12.3. The summed E-state index contributed by atoms with van der Waals surface area (Å²) in [5.41, 5.74) is 0.900. The third kappa shape index (κ3) is 8.26. The first-order valence-corrected chi connectivity index (χ1v) is 10.0. The highest BCUT2D eigenvalue weighted by Gasteiger charge is 2.27. The SMILES string of the molecule is COC(=O)COCC#CCN1C(=O)CCC[C@@H]1CCC(=O)Cc1cccc(Cl)c1. The monoisotopic (exact) mass is 419 g/mol. The van der Waals surface area contributed by atoms with E-state index in [0.29, 0.717) is 37.3 Å². The van der Waals surface area contributed by atoms with Crippen molar-refractivity contribution in [3.05, 3.63) is 34.9 Å². The second-order valence-electron chi connectivity index (χ2n) is 6.87. The lowest BCUT2D eigenvalue weighted by Gasteiger charge is -2.34. The number of carbonyl (C=O) groups excluding carboxylic acids is 3. The van der Waals surface area contributed by atoms with Crippen LogP contribution < -0.4 is 0 Å². The summed E-state index contributed by atoms with van der Waals surface area (Å²) in [6.07, 6.45) is 3.60. The number of ketones is 1. The van der Waals surface area contributed by atoms with Crippen LogP contribution in [0.15, 0.2) is 24.3 Å². The van der Waals surface area contributed by atoms with Gasteiger partial charge in [0, 0.05) is 30.3 Å². The maximum atomic E-state index is 12.3. The van der Waals surface area contributed by atoms with Crippen molar-refractivity contribution in [2.45, 2.75) is 44.6 Å². The highest BCUT2D eigenvalue weighted by Crippen LogP contribution is 2.22. The van der Waals surface area contributed by atoms with Crippen molar-refractivity contribution in [2.75, 3.05) is 26.9 Å². The number of ether oxygens (including phenoxy) is 2. The molecule has 1 atom stereocenters. The molecule has 0 saturated carbocycles. The van der Waals surface area contributed by atoms with Gasteiger partial charge in [-0.15, -0.1) is 0 Å². The zero-order valence-electron chi connectivity index (χ0n) is 16.6. The normalized spacial score (nSPS) is 16.1. The summed E-state index contributed by atoms with van der Waals surface area (Å²) >= 11 is 5.97. The molecular weight excluding hydrogens is 394 g/mol. The standard InChI is InChI=1S/C22H26ClNO5/c1-28-22(27)16-29-13-3-2-12-24-19(8-5-9-21(24)26)10-11-20(25)15-17-6-4-7-18(23)14-17/h4,6-7,14,19H,5,8-13,15-16H2,1H3/t19-/m1/s1. The van der Waals surface area contributed by atoms with E-state index in [1.165, 1.54) is 7.11 Å². The fourth-order valence-corrected chi connectivity index (χ4v) is 3.45. The Morgan fingerprint density at radius 3 is 2.90 bits per heavy atom. The molecule has 1 saturated heterocycles. The molecular formula is C22H26ClNO5. The maximum Gasteiger partial charge on any atom is 0.331 e. The zero-order valence-corrected chi connectivity index (χ0v) is 17.4. The summed E-state index contributed by atoms with van der Waals surface area (Å²) in [5, 5.41) is 0.619. The van der Waals surface area contributed by atoms with Gasteiger partial charge in [-0.1, -0.05) is 35.6 Å². The third-order valence-electron chi connectivity index (χ3n) is 4.73. The molecule has 156 valence electrons. The molecule has 1 aromatic rings. The van der Waals surface area contributed by atoms with Crippen LogP contribution in [0, 0.1) is 11.8 Å². The Bertz CT molecular complexity index is 783. The van der Waals surface area contributed by atoms with Gasteiger partial charge in [-0.3, -0.25) is 9.59 Å². The van der Waals surface area contributed by atoms with Crippen molar-refractivity contribution in [3.8, 4) is 11.8 Å². The molecule has 0 unspecified atom stereocenters. The van der Waals surface area contributed by atoms with E-state index in [9.17, 15) is 14.4 Å². The molecule has 0 aromatic heterocycles. The average molecular weight is 420 g/mol. The van der Waals surface area contributed by atoms with Crippen LogP contribution in [0.4, 0.5) is 0 Å². The molecule has 7 heteroatoms. The van der Waals surface area contributed by atoms with Crippen molar-refractivity contribution in [3.63, 3.8) is 0 Å². The number of esters is 1. The van der Waals surface area contributed by atoms with Crippen LogP contribution in [0.5, 0.6) is 0 Å². The molecule has 0 radical (unpaired) electrons. The van der Waals surface area contributed by atoms with Gasteiger partial charge in [0.2, 0.25) is 5.91 Å². The van der Waals surface area contributed by atoms with E-state index < -0.39 is 5.97 Å². The number of nitrogens with zero attached hydrogens (tertiary/aromatic N) is 1. The summed E-state index contributed by atoms with van der Waals surface area (Å²) in [6, 6.07) is 7.32. The summed E-state index contributed by atoms with van der Waals surface area (Å²) in [5.74, 6) is 5.46. The highest BCUT2D eigenvalue weighted by atomic mass is 35.5. The van der Waals surface area contributed by atoms with Crippen molar-refractivity contribution < 1.29 is 23.9 Å². The van der Waals surface area contributed by atoms with Gasteiger partial charge in [-0.2, -0.15) is 0 Å². The minimum atomic E-state index is -0.458. The summed E-state index contributed by atoms with van der Waals surface area (Å²) in [7, 11) is 1.29. The number of Topliss-reactive ketones (excluding diaryl/α,β-unsaturated/α-hetero) is 1. The summed E-state index contributed by atoms with van der Waals surface area (Å²) in [4.78, 5) is 37.3. The van der Waals surface area contributed by atoms with Gasteiger partial charge in [0.05, 0.1) is 13.7 Å². The first-order chi connectivity index (χ1) is 14.0.